The molecule has 1 heterocycles. The number of ether oxygens (including phenoxy) is 1. The molecule has 2 unspecified atom stereocenters. The number of nitrogens with two attached hydrogens (primary N) is 2. The molecule has 2 atom stereocenters. The highest BCUT2D eigenvalue weighted by Crippen LogP contribution is 2.39. The summed E-state index contributed by atoms with van der Waals surface area (Å²) in [4.78, 5) is 0. The minimum absolute atomic E-state index is 0.119. The molecule has 0 aromatic heterocycles. The Bertz CT molecular complexity index is 653. The topological polar surface area (TPSA) is 61.3 Å². The fourth-order valence-corrected chi connectivity index (χ4v) is 2.87. The van der Waals surface area contributed by atoms with E-state index >= 15 is 0 Å². The third-order valence-electron chi connectivity index (χ3n) is 4.21. The summed E-state index contributed by atoms with van der Waals surface area (Å²) in [6.45, 7) is 16.2. The molecule has 0 spiro atoms. The number of anilines is 1. The smallest absolute Gasteiger partial charge is 0.0873 e. The van der Waals surface area contributed by atoms with Crippen LogP contribution in [-0.4, -0.2) is 6.54 Å². The van der Waals surface area contributed by atoms with Crippen LogP contribution in [-0.2, 0) is 11.2 Å². The standard InChI is InChI=1S/C17H19NO.C3H7N.2C2H6/c1-11-15-10-17(13-6-4-3-5-7-13)19-12(2)14(15)8-9-16(11)18;1-2-3-4;2*1-2/h3-9,12,17H,10,18H2,1-2H3;2H,1,3-4H2;2*1-2H3. The number of fused-ring (bicyclic) bond motifs is 1. The van der Waals surface area contributed by atoms with Gasteiger partial charge in [-0.2, -0.15) is 0 Å². The van der Waals surface area contributed by atoms with Crippen molar-refractivity contribution in [2.45, 2.75) is 60.2 Å². The number of nitrogen functional groups attached to an aromatic ring is 1. The SMILES string of the molecule is C=CCN.CC.CC.Cc1c(N)ccc2c1CC(c1ccccc1)OC2C. The van der Waals surface area contributed by atoms with E-state index in [2.05, 4.69) is 50.8 Å². The van der Waals surface area contributed by atoms with Gasteiger partial charge in [-0.15, -0.1) is 6.58 Å². The molecular weight excluding hydrogens is 332 g/mol. The van der Waals surface area contributed by atoms with E-state index in [-0.39, 0.29) is 12.2 Å². The van der Waals surface area contributed by atoms with Gasteiger partial charge in [0.2, 0.25) is 0 Å². The summed E-state index contributed by atoms with van der Waals surface area (Å²) in [5.41, 5.74) is 16.9. The van der Waals surface area contributed by atoms with Gasteiger partial charge in [-0.3, -0.25) is 0 Å². The zero-order valence-corrected chi connectivity index (χ0v) is 18.0. The average molecular weight is 371 g/mol. The van der Waals surface area contributed by atoms with Crippen molar-refractivity contribution < 1.29 is 4.74 Å². The quantitative estimate of drug-likeness (QED) is 0.493. The fraction of sp³-hybridized carbons (Fsp3) is 0.417. The third kappa shape index (κ3) is 7.20. The second kappa shape index (κ2) is 14.0. The van der Waals surface area contributed by atoms with Crippen LogP contribution in [0.3, 0.4) is 0 Å². The van der Waals surface area contributed by atoms with E-state index in [1.54, 1.807) is 6.08 Å². The Morgan fingerprint density at radius 2 is 1.63 bits per heavy atom. The number of rotatable bonds is 2. The summed E-state index contributed by atoms with van der Waals surface area (Å²) >= 11 is 0. The predicted octanol–water partition coefficient (Wildman–Crippen LogP) is 6.14. The number of hydrogen-bond acceptors (Lipinski definition) is 3. The Kier molecular flexibility index (Phi) is 12.9. The molecule has 27 heavy (non-hydrogen) atoms. The largest absolute Gasteiger partial charge is 0.399 e. The van der Waals surface area contributed by atoms with Crippen molar-refractivity contribution in [3.63, 3.8) is 0 Å². The summed E-state index contributed by atoms with van der Waals surface area (Å²) in [7, 11) is 0. The van der Waals surface area contributed by atoms with Gasteiger partial charge in [-0.25, -0.2) is 0 Å². The van der Waals surface area contributed by atoms with Crippen LogP contribution in [0.4, 0.5) is 5.69 Å². The lowest BCUT2D eigenvalue weighted by molar-refractivity contribution is -0.0173. The van der Waals surface area contributed by atoms with Gasteiger partial charge in [0.1, 0.15) is 0 Å². The summed E-state index contributed by atoms with van der Waals surface area (Å²) in [6.07, 6.45) is 2.80. The van der Waals surface area contributed by atoms with Gasteiger partial charge in [0.25, 0.3) is 0 Å². The first kappa shape index (κ1) is 24.9. The Hall–Kier alpha value is -2.10. The first-order valence-corrected chi connectivity index (χ1v) is 9.97. The summed E-state index contributed by atoms with van der Waals surface area (Å²) in [5, 5.41) is 0. The minimum atomic E-state index is 0.119. The maximum absolute atomic E-state index is 6.15. The molecule has 2 aromatic rings. The van der Waals surface area contributed by atoms with E-state index in [1.807, 2.05) is 39.8 Å². The maximum Gasteiger partial charge on any atom is 0.0873 e. The van der Waals surface area contributed by atoms with Crippen molar-refractivity contribution >= 4 is 5.69 Å². The van der Waals surface area contributed by atoms with E-state index in [9.17, 15) is 0 Å². The first-order chi connectivity index (χ1) is 13.1. The lowest BCUT2D eigenvalue weighted by Gasteiger charge is -2.32. The van der Waals surface area contributed by atoms with Crippen molar-refractivity contribution in [3.05, 3.63) is 77.4 Å². The molecule has 1 aliphatic heterocycles. The molecule has 0 fully saturated rings. The predicted molar refractivity (Wildman–Crippen MR) is 120 cm³/mol. The molecular formula is C24H38N2O. The Labute approximate surface area is 166 Å². The van der Waals surface area contributed by atoms with Crippen molar-refractivity contribution in [2.75, 3.05) is 12.3 Å². The maximum atomic E-state index is 6.15. The van der Waals surface area contributed by atoms with Crippen LogP contribution in [0.15, 0.2) is 55.1 Å². The molecule has 4 N–H and O–H groups in total. The molecule has 1 aliphatic rings. The third-order valence-corrected chi connectivity index (χ3v) is 4.21. The zero-order chi connectivity index (χ0) is 20.8. The molecule has 0 saturated carbocycles. The summed E-state index contributed by atoms with van der Waals surface area (Å²) in [5.74, 6) is 0. The number of benzene rings is 2. The van der Waals surface area contributed by atoms with Gasteiger partial charge in [-0.05, 0) is 42.2 Å². The molecule has 3 rings (SSSR count). The van der Waals surface area contributed by atoms with Gasteiger partial charge in [0, 0.05) is 18.7 Å². The molecule has 0 aliphatic carbocycles. The number of hydrogen-bond donors (Lipinski definition) is 2. The van der Waals surface area contributed by atoms with Crippen LogP contribution in [0, 0.1) is 6.92 Å². The van der Waals surface area contributed by atoms with Gasteiger partial charge in [0.15, 0.2) is 0 Å². The Balaban J connectivity index is 0.000000737. The van der Waals surface area contributed by atoms with E-state index < -0.39 is 0 Å². The average Bonchev–Trinajstić information content (AvgIpc) is 2.74. The van der Waals surface area contributed by atoms with Crippen LogP contribution in [0.25, 0.3) is 0 Å². The minimum Gasteiger partial charge on any atom is -0.399 e. The second-order valence-electron chi connectivity index (χ2n) is 5.75. The molecule has 2 aromatic carbocycles. The zero-order valence-electron chi connectivity index (χ0n) is 18.0. The highest BCUT2D eigenvalue weighted by atomic mass is 16.5. The van der Waals surface area contributed by atoms with Crippen LogP contribution >= 0.6 is 0 Å². The molecule has 0 bridgehead atoms. The van der Waals surface area contributed by atoms with Crippen molar-refractivity contribution in [1.82, 2.24) is 0 Å². The van der Waals surface area contributed by atoms with Gasteiger partial charge < -0.3 is 16.2 Å². The molecule has 0 saturated heterocycles. The van der Waals surface area contributed by atoms with E-state index in [1.165, 1.54) is 22.3 Å². The summed E-state index contributed by atoms with van der Waals surface area (Å²) in [6, 6.07) is 14.5. The Morgan fingerprint density at radius 1 is 1.07 bits per heavy atom. The fourth-order valence-electron chi connectivity index (χ4n) is 2.87. The van der Waals surface area contributed by atoms with E-state index in [0.717, 1.165) is 12.1 Å². The van der Waals surface area contributed by atoms with Gasteiger partial charge >= 0.3 is 0 Å². The lowest BCUT2D eigenvalue weighted by Crippen LogP contribution is -2.20. The van der Waals surface area contributed by atoms with Crippen LogP contribution in [0.1, 0.15) is 69.1 Å². The van der Waals surface area contributed by atoms with Crippen molar-refractivity contribution in [3.8, 4) is 0 Å². The van der Waals surface area contributed by atoms with Crippen molar-refractivity contribution in [2.24, 2.45) is 5.73 Å². The second-order valence-corrected chi connectivity index (χ2v) is 5.75. The van der Waals surface area contributed by atoms with Crippen LogP contribution in [0.2, 0.25) is 0 Å². The molecule has 3 nitrogen and oxygen atoms in total. The molecule has 150 valence electrons. The first-order valence-electron chi connectivity index (χ1n) is 9.97. The van der Waals surface area contributed by atoms with Gasteiger partial charge in [0.05, 0.1) is 12.2 Å². The normalized spacial score (nSPS) is 16.9. The van der Waals surface area contributed by atoms with Crippen molar-refractivity contribution in [1.29, 1.82) is 0 Å². The molecule has 3 heteroatoms. The lowest BCUT2D eigenvalue weighted by atomic mass is 9.88. The van der Waals surface area contributed by atoms with Gasteiger partial charge in [-0.1, -0.05) is 70.2 Å². The Morgan fingerprint density at radius 3 is 2.15 bits per heavy atom. The highest BCUT2D eigenvalue weighted by molar-refractivity contribution is 5.54. The highest BCUT2D eigenvalue weighted by Gasteiger charge is 2.27. The van der Waals surface area contributed by atoms with Crippen LogP contribution in [0.5, 0.6) is 0 Å². The summed E-state index contributed by atoms with van der Waals surface area (Å²) < 4.78 is 6.15. The molecule has 0 radical (unpaired) electrons. The van der Waals surface area contributed by atoms with E-state index in [4.69, 9.17) is 16.2 Å². The molecule has 0 amide bonds. The van der Waals surface area contributed by atoms with E-state index in [0.29, 0.717) is 6.54 Å². The van der Waals surface area contributed by atoms with Crippen LogP contribution < -0.4 is 11.5 Å². The monoisotopic (exact) mass is 370 g/mol.